The number of nitrogens with zero attached hydrogens (tertiary/aromatic N) is 1. The van der Waals surface area contributed by atoms with Crippen LogP contribution in [0, 0.1) is 0 Å². The van der Waals surface area contributed by atoms with Crippen molar-refractivity contribution in [3.63, 3.8) is 0 Å². The molecule has 0 spiro atoms. The van der Waals surface area contributed by atoms with Crippen molar-refractivity contribution in [3.05, 3.63) is 0 Å². The monoisotopic (exact) mass is 417 g/mol. The Balaban J connectivity index is 1.62. The summed E-state index contributed by atoms with van der Waals surface area (Å²) in [5.74, 6) is -0.833. The number of carbonyl (C=O) groups excluding carboxylic acids is 4. The number of hydrogen-bond donors (Lipinski definition) is 0. The molecular weight excluding hydrogens is 390 g/mol. The van der Waals surface area contributed by atoms with Crippen LogP contribution in [-0.2, 0) is 38.0 Å². The maximum absolute atomic E-state index is 11.9. The minimum Gasteiger partial charge on any atom is -0.462 e. The van der Waals surface area contributed by atoms with Crippen molar-refractivity contribution in [2.24, 2.45) is 0 Å². The first-order chi connectivity index (χ1) is 14.0. The lowest BCUT2D eigenvalue weighted by molar-refractivity contribution is -0.146. The summed E-state index contributed by atoms with van der Waals surface area (Å²) in [5, 5.41) is 0. The van der Waals surface area contributed by atoms with E-state index in [0.29, 0.717) is 13.1 Å². The molecule has 2 atom stereocenters. The number of carbonyl (C=O) groups is 4. The zero-order valence-electron chi connectivity index (χ0n) is 16.5. The zero-order chi connectivity index (χ0) is 21.1. The van der Waals surface area contributed by atoms with E-state index in [1.807, 2.05) is 4.90 Å². The Labute approximate surface area is 168 Å². The van der Waals surface area contributed by atoms with E-state index in [4.69, 9.17) is 18.9 Å². The Morgan fingerprint density at radius 2 is 1.38 bits per heavy atom. The van der Waals surface area contributed by atoms with Crippen LogP contribution in [-0.4, -0.2) is 87.4 Å². The summed E-state index contributed by atoms with van der Waals surface area (Å²) in [4.78, 5) is 47.4. The molecule has 0 N–H and O–H groups in total. The molecule has 0 aliphatic carbocycles. The van der Waals surface area contributed by atoms with Crippen LogP contribution in [0.25, 0.3) is 0 Å². The van der Waals surface area contributed by atoms with Gasteiger partial charge in [0.2, 0.25) is 0 Å². The van der Waals surface area contributed by atoms with Crippen LogP contribution in [0.15, 0.2) is 0 Å². The highest BCUT2D eigenvalue weighted by molar-refractivity contribution is 5.70. The molecule has 2 heterocycles. The first-order valence-electron chi connectivity index (χ1n) is 9.66. The van der Waals surface area contributed by atoms with Gasteiger partial charge in [-0.25, -0.2) is 9.59 Å². The van der Waals surface area contributed by atoms with E-state index in [0.717, 1.165) is 19.4 Å². The fraction of sp³-hybridized carbons (Fsp3) is 0.778. The van der Waals surface area contributed by atoms with Gasteiger partial charge in [-0.2, -0.15) is 0 Å². The van der Waals surface area contributed by atoms with Crippen molar-refractivity contribution in [1.29, 1.82) is 0 Å². The van der Waals surface area contributed by atoms with Gasteiger partial charge < -0.3 is 33.3 Å². The van der Waals surface area contributed by atoms with Crippen LogP contribution < -0.4 is 0 Å². The summed E-state index contributed by atoms with van der Waals surface area (Å²) in [6.45, 7) is 3.72. The number of cyclic esters (lactones) is 4. The van der Waals surface area contributed by atoms with Gasteiger partial charge in [0.15, 0.2) is 12.2 Å². The topological polar surface area (TPSA) is 127 Å². The summed E-state index contributed by atoms with van der Waals surface area (Å²) in [6, 6.07) is 0. The molecule has 11 heteroatoms. The average molecular weight is 417 g/mol. The van der Waals surface area contributed by atoms with E-state index in [9.17, 15) is 19.2 Å². The van der Waals surface area contributed by atoms with Crippen LogP contribution in [0.1, 0.15) is 32.6 Å². The maximum atomic E-state index is 11.9. The molecule has 2 saturated heterocycles. The molecule has 2 fully saturated rings. The van der Waals surface area contributed by atoms with Crippen LogP contribution in [0.5, 0.6) is 0 Å². The Hall–Kier alpha value is -2.56. The molecule has 0 radical (unpaired) electrons. The molecule has 0 aromatic carbocycles. The van der Waals surface area contributed by atoms with Gasteiger partial charge >= 0.3 is 24.2 Å². The van der Waals surface area contributed by atoms with Crippen molar-refractivity contribution in [2.75, 3.05) is 46.1 Å². The molecule has 0 bridgehead atoms. The second-order valence-corrected chi connectivity index (χ2v) is 6.66. The minimum absolute atomic E-state index is 0.0404. The quantitative estimate of drug-likeness (QED) is 0.315. The summed E-state index contributed by atoms with van der Waals surface area (Å²) in [6.07, 6.45) is -0.459. The molecule has 29 heavy (non-hydrogen) atoms. The average Bonchev–Trinajstić information content (AvgIpc) is 3.31. The van der Waals surface area contributed by atoms with E-state index in [1.165, 1.54) is 0 Å². The summed E-state index contributed by atoms with van der Waals surface area (Å²) < 4.78 is 29.0. The molecule has 11 nitrogen and oxygen atoms in total. The number of esters is 2. The Kier molecular flexibility index (Phi) is 9.48. The van der Waals surface area contributed by atoms with E-state index >= 15 is 0 Å². The first kappa shape index (κ1) is 22.7. The third-order valence-corrected chi connectivity index (χ3v) is 4.25. The van der Waals surface area contributed by atoms with Gasteiger partial charge in [-0.05, 0) is 13.0 Å². The highest BCUT2D eigenvalue weighted by Crippen LogP contribution is 2.08. The van der Waals surface area contributed by atoms with Gasteiger partial charge in [-0.1, -0.05) is 13.3 Å². The first-order valence-corrected chi connectivity index (χ1v) is 9.66. The summed E-state index contributed by atoms with van der Waals surface area (Å²) >= 11 is 0. The maximum Gasteiger partial charge on any atom is 0.508 e. The number of unbranched alkanes of at least 4 members (excludes halogenated alkanes) is 1. The van der Waals surface area contributed by atoms with Gasteiger partial charge in [-0.15, -0.1) is 0 Å². The van der Waals surface area contributed by atoms with Crippen LogP contribution in [0.4, 0.5) is 9.59 Å². The molecule has 0 saturated carbocycles. The smallest absolute Gasteiger partial charge is 0.462 e. The van der Waals surface area contributed by atoms with Gasteiger partial charge in [-0.3, -0.25) is 9.59 Å². The van der Waals surface area contributed by atoms with E-state index in [-0.39, 0.29) is 39.3 Å². The minimum atomic E-state index is -0.762. The predicted molar refractivity (Wildman–Crippen MR) is 94.9 cm³/mol. The third kappa shape index (κ3) is 8.99. The summed E-state index contributed by atoms with van der Waals surface area (Å²) in [7, 11) is 0. The lowest BCUT2D eigenvalue weighted by Gasteiger charge is -2.21. The van der Waals surface area contributed by atoms with Crippen molar-refractivity contribution in [1.82, 2.24) is 4.90 Å². The fourth-order valence-corrected chi connectivity index (χ4v) is 2.63. The van der Waals surface area contributed by atoms with Crippen LogP contribution in [0.2, 0.25) is 0 Å². The van der Waals surface area contributed by atoms with Crippen LogP contribution >= 0.6 is 0 Å². The van der Waals surface area contributed by atoms with Crippen molar-refractivity contribution in [3.8, 4) is 0 Å². The number of ether oxygens (including phenoxy) is 6. The highest BCUT2D eigenvalue weighted by Gasteiger charge is 2.27. The fourth-order valence-electron chi connectivity index (χ4n) is 2.63. The number of hydrogen-bond acceptors (Lipinski definition) is 11. The van der Waals surface area contributed by atoms with E-state index < -0.39 is 36.5 Å². The number of rotatable bonds is 13. The molecule has 2 aliphatic heterocycles. The molecule has 2 aliphatic rings. The SMILES string of the molecule is CCCCN(CCC(=O)OCC1COC(=O)O1)CCC(=O)OCC1COC(=O)O1. The van der Waals surface area contributed by atoms with Crippen molar-refractivity contribution in [2.45, 2.75) is 44.8 Å². The van der Waals surface area contributed by atoms with Gasteiger partial charge in [0.1, 0.15) is 26.4 Å². The molecule has 0 amide bonds. The second-order valence-electron chi connectivity index (χ2n) is 6.66. The highest BCUT2D eigenvalue weighted by atomic mass is 16.8. The Bertz CT molecular complexity index is 535. The molecule has 0 aromatic rings. The molecule has 2 unspecified atom stereocenters. The van der Waals surface area contributed by atoms with Crippen LogP contribution in [0.3, 0.4) is 0 Å². The second kappa shape index (κ2) is 12.1. The Morgan fingerprint density at radius 3 is 1.76 bits per heavy atom. The standard InChI is InChI=1S/C18H27NO10/c1-2-3-6-19(7-4-15(20)24-9-13-11-26-17(22)28-13)8-5-16(21)25-10-14-12-27-18(23)29-14/h13-14H,2-12H2,1H3. The normalized spacial score (nSPS) is 20.6. The predicted octanol–water partition coefficient (Wildman–Crippen LogP) is 1.03. The Morgan fingerprint density at radius 1 is 0.897 bits per heavy atom. The summed E-state index contributed by atoms with van der Waals surface area (Å²) in [5.41, 5.74) is 0. The lowest BCUT2D eigenvalue weighted by atomic mass is 10.2. The van der Waals surface area contributed by atoms with E-state index in [1.54, 1.807) is 0 Å². The molecule has 0 aromatic heterocycles. The van der Waals surface area contributed by atoms with Crippen molar-refractivity contribution >= 4 is 24.2 Å². The lowest BCUT2D eigenvalue weighted by Crippen LogP contribution is -2.31. The van der Waals surface area contributed by atoms with Gasteiger partial charge in [0, 0.05) is 13.1 Å². The van der Waals surface area contributed by atoms with E-state index in [2.05, 4.69) is 16.4 Å². The third-order valence-electron chi connectivity index (χ3n) is 4.25. The molecule has 2 rings (SSSR count). The molecular formula is C18H27NO10. The molecule has 164 valence electrons. The van der Waals surface area contributed by atoms with Gasteiger partial charge in [0.05, 0.1) is 12.8 Å². The van der Waals surface area contributed by atoms with Crippen molar-refractivity contribution < 1.29 is 47.6 Å². The largest absolute Gasteiger partial charge is 0.508 e. The van der Waals surface area contributed by atoms with Gasteiger partial charge in [0.25, 0.3) is 0 Å². The zero-order valence-corrected chi connectivity index (χ0v) is 16.5.